The molecule has 0 radical (unpaired) electrons. The Morgan fingerprint density at radius 1 is 0.953 bits per heavy atom. The average molecular weight is 611 g/mol. The Labute approximate surface area is 245 Å². The van der Waals surface area contributed by atoms with E-state index in [1.54, 1.807) is 23.0 Å². The summed E-state index contributed by atoms with van der Waals surface area (Å²) in [7, 11) is -0.998. The van der Waals surface area contributed by atoms with Crippen LogP contribution in [0.4, 0.5) is 14.5 Å². The third-order valence-corrected chi connectivity index (χ3v) is 8.61. The Morgan fingerprint density at radius 3 is 2.53 bits per heavy atom. The number of imidazole rings is 1. The van der Waals surface area contributed by atoms with E-state index in [9.17, 15) is 17.2 Å². The Morgan fingerprint density at radius 2 is 1.77 bits per heavy atom. The molecule has 0 spiro atoms. The molecule has 43 heavy (non-hydrogen) atoms. The summed E-state index contributed by atoms with van der Waals surface area (Å²) in [4.78, 5) is 17.1. The van der Waals surface area contributed by atoms with E-state index in [1.807, 2.05) is 10.9 Å². The topological polar surface area (TPSA) is 136 Å². The molecule has 0 saturated carbocycles. The van der Waals surface area contributed by atoms with Crippen molar-refractivity contribution in [2.24, 2.45) is 0 Å². The van der Waals surface area contributed by atoms with Crippen molar-refractivity contribution in [3.63, 3.8) is 0 Å². The lowest BCUT2D eigenvalue weighted by atomic mass is 10.2. The summed E-state index contributed by atoms with van der Waals surface area (Å²) in [6, 6.07) is 3.66. The van der Waals surface area contributed by atoms with Gasteiger partial charge in [0.2, 0.25) is 5.88 Å². The number of aromatic nitrogens is 7. The van der Waals surface area contributed by atoms with Crippen LogP contribution < -0.4 is 9.46 Å². The highest BCUT2D eigenvalue weighted by atomic mass is 32.2. The van der Waals surface area contributed by atoms with Crippen LogP contribution in [-0.2, 0) is 16.6 Å². The molecule has 224 valence electrons. The summed E-state index contributed by atoms with van der Waals surface area (Å²) in [5.74, 6) is -2.18. The van der Waals surface area contributed by atoms with Crippen LogP contribution in [-0.4, -0.2) is 99.4 Å². The zero-order chi connectivity index (χ0) is 30.1. The summed E-state index contributed by atoms with van der Waals surface area (Å²) in [6.45, 7) is 5.72. The van der Waals surface area contributed by atoms with E-state index in [0.29, 0.717) is 40.9 Å². The summed E-state index contributed by atoms with van der Waals surface area (Å²) >= 11 is 0. The third kappa shape index (κ3) is 6.02. The van der Waals surface area contributed by atoms with Crippen LogP contribution in [0.15, 0.2) is 60.1 Å². The highest BCUT2D eigenvalue weighted by Crippen LogP contribution is 2.30. The molecule has 6 rings (SSSR count). The monoisotopic (exact) mass is 610 g/mol. The highest BCUT2D eigenvalue weighted by molar-refractivity contribution is 7.92. The molecule has 13 nitrogen and oxygen atoms in total. The van der Waals surface area contributed by atoms with Gasteiger partial charge in [-0.1, -0.05) is 5.21 Å². The molecule has 1 aromatic carbocycles. The second-order valence-corrected chi connectivity index (χ2v) is 11.8. The van der Waals surface area contributed by atoms with Crippen molar-refractivity contribution >= 4 is 21.4 Å². The van der Waals surface area contributed by atoms with Gasteiger partial charge in [0.15, 0.2) is 5.65 Å². The van der Waals surface area contributed by atoms with E-state index in [2.05, 4.69) is 46.8 Å². The van der Waals surface area contributed by atoms with E-state index in [1.165, 1.54) is 19.4 Å². The summed E-state index contributed by atoms with van der Waals surface area (Å²) in [6.07, 6.45) is 8.31. The van der Waals surface area contributed by atoms with Gasteiger partial charge < -0.3 is 9.64 Å². The van der Waals surface area contributed by atoms with Gasteiger partial charge in [-0.25, -0.2) is 27.2 Å². The Kier molecular flexibility index (Phi) is 7.72. The van der Waals surface area contributed by atoms with Crippen molar-refractivity contribution in [1.82, 2.24) is 44.1 Å². The number of piperazine rings is 1. The molecule has 0 atom stereocenters. The number of hydrogen-bond donors (Lipinski definition) is 1. The first kappa shape index (κ1) is 28.6. The number of anilines is 1. The van der Waals surface area contributed by atoms with Crippen molar-refractivity contribution in [3.05, 3.63) is 66.9 Å². The van der Waals surface area contributed by atoms with Gasteiger partial charge in [0.25, 0.3) is 10.0 Å². The molecule has 1 aliphatic rings. The lowest BCUT2D eigenvalue weighted by molar-refractivity contribution is 0.148. The smallest absolute Gasteiger partial charge is 0.264 e. The predicted octanol–water partition coefficient (Wildman–Crippen LogP) is 2.38. The van der Waals surface area contributed by atoms with Gasteiger partial charge in [0.1, 0.15) is 27.9 Å². The van der Waals surface area contributed by atoms with Crippen molar-refractivity contribution < 1.29 is 21.9 Å². The van der Waals surface area contributed by atoms with E-state index in [-0.39, 0.29) is 11.6 Å². The zero-order valence-corrected chi connectivity index (χ0v) is 24.2. The molecule has 0 bridgehead atoms. The average Bonchev–Trinajstić information content (AvgIpc) is 3.63. The van der Waals surface area contributed by atoms with Crippen molar-refractivity contribution in [2.75, 3.05) is 51.6 Å². The minimum absolute atomic E-state index is 0.0487. The lowest BCUT2D eigenvalue weighted by Gasteiger charge is -2.32. The molecular formula is C27H28F2N10O3S. The molecule has 0 amide bonds. The molecule has 0 aliphatic carbocycles. The van der Waals surface area contributed by atoms with Crippen LogP contribution in [0.5, 0.6) is 5.88 Å². The molecule has 1 saturated heterocycles. The number of fused-ring (bicyclic) bond motifs is 1. The van der Waals surface area contributed by atoms with Crippen LogP contribution in [0.25, 0.3) is 28.3 Å². The molecule has 1 fully saturated rings. The number of nitrogens with zero attached hydrogens (tertiary/aromatic N) is 9. The number of ether oxygens (including phenoxy) is 1. The second kappa shape index (κ2) is 11.6. The highest BCUT2D eigenvalue weighted by Gasteiger charge is 2.23. The Hall–Kier alpha value is -4.54. The van der Waals surface area contributed by atoms with Crippen molar-refractivity contribution in [3.8, 4) is 28.5 Å². The van der Waals surface area contributed by atoms with E-state index >= 15 is 0 Å². The SMILES string of the molecule is COc1ncc(-c2cn3c(-c4cn(CCN5CCN(C)CC5)nn4)cnc3cn2)cc1NS(=O)(=O)c1ccc(F)cc1F. The maximum absolute atomic E-state index is 14.3. The molecule has 1 N–H and O–H groups in total. The van der Waals surface area contributed by atoms with Crippen LogP contribution in [0, 0.1) is 11.6 Å². The van der Waals surface area contributed by atoms with Gasteiger partial charge in [-0.2, -0.15) is 0 Å². The number of benzene rings is 1. The number of likely N-dealkylation sites (N-methyl/N-ethyl adjacent to an activating group) is 1. The number of rotatable bonds is 9. The van der Waals surface area contributed by atoms with Gasteiger partial charge in [0.05, 0.1) is 43.6 Å². The number of sulfonamides is 1. The van der Waals surface area contributed by atoms with Gasteiger partial charge in [-0.3, -0.25) is 23.7 Å². The Balaban J connectivity index is 1.26. The maximum atomic E-state index is 14.3. The summed E-state index contributed by atoms with van der Waals surface area (Å²) in [5.41, 5.74) is 2.72. The van der Waals surface area contributed by atoms with E-state index in [0.717, 1.165) is 44.9 Å². The first-order valence-corrected chi connectivity index (χ1v) is 14.9. The lowest BCUT2D eigenvalue weighted by Crippen LogP contribution is -2.45. The standard InChI is InChI=1S/C27H28F2N10O3S/c1-36-5-7-37(8-6-36)9-10-38-16-23(33-35-38)24-14-31-26-15-30-22(17-39(24)26)18-11-21(27(42-2)32-13-18)34-43(40,41)25-4-3-19(28)12-20(25)29/h3-4,11-17,34H,5-10H2,1-2H3. The molecule has 0 unspecified atom stereocenters. The number of halogens is 2. The van der Waals surface area contributed by atoms with Gasteiger partial charge >= 0.3 is 0 Å². The first-order chi connectivity index (χ1) is 20.7. The quantitative estimate of drug-likeness (QED) is 0.265. The van der Waals surface area contributed by atoms with Crippen LogP contribution in [0.3, 0.4) is 0 Å². The second-order valence-electron chi connectivity index (χ2n) is 10.1. The number of hydrogen-bond acceptors (Lipinski definition) is 10. The molecule has 16 heteroatoms. The van der Waals surface area contributed by atoms with E-state index in [4.69, 9.17) is 4.74 Å². The largest absolute Gasteiger partial charge is 0.480 e. The molecule has 5 aromatic rings. The third-order valence-electron chi connectivity index (χ3n) is 7.21. The first-order valence-electron chi connectivity index (χ1n) is 13.4. The molecule has 1 aliphatic heterocycles. The van der Waals surface area contributed by atoms with Crippen LogP contribution >= 0.6 is 0 Å². The normalized spacial score (nSPS) is 14.8. The summed E-state index contributed by atoms with van der Waals surface area (Å²) in [5, 5.41) is 8.65. The fraction of sp³-hybridized carbons (Fsp3) is 0.296. The number of methoxy groups -OCH3 is 1. The molecule has 4 aromatic heterocycles. The van der Waals surface area contributed by atoms with Gasteiger partial charge in [0, 0.05) is 56.7 Å². The van der Waals surface area contributed by atoms with Crippen LogP contribution in [0.1, 0.15) is 0 Å². The molecule has 5 heterocycles. The van der Waals surface area contributed by atoms with Crippen molar-refractivity contribution in [1.29, 1.82) is 0 Å². The van der Waals surface area contributed by atoms with Gasteiger partial charge in [-0.05, 0) is 25.2 Å². The summed E-state index contributed by atoms with van der Waals surface area (Å²) < 4.78 is 64.6. The fourth-order valence-corrected chi connectivity index (χ4v) is 5.90. The Bertz CT molecular complexity index is 1890. The fourth-order valence-electron chi connectivity index (χ4n) is 4.79. The van der Waals surface area contributed by atoms with E-state index < -0.39 is 26.6 Å². The van der Waals surface area contributed by atoms with Gasteiger partial charge in [-0.15, -0.1) is 5.10 Å². The molecular weight excluding hydrogens is 582 g/mol. The minimum Gasteiger partial charge on any atom is -0.480 e. The minimum atomic E-state index is -4.44. The zero-order valence-electron chi connectivity index (χ0n) is 23.4. The number of nitrogens with one attached hydrogen (secondary N) is 1. The maximum Gasteiger partial charge on any atom is 0.264 e. The van der Waals surface area contributed by atoms with Crippen LogP contribution in [0.2, 0.25) is 0 Å². The number of pyridine rings is 1. The van der Waals surface area contributed by atoms with Crippen molar-refractivity contribution in [2.45, 2.75) is 11.4 Å². The predicted molar refractivity (Wildman–Crippen MR) is 153 cm³/mol.